The van der Waals surface area contributed by atoms with Crippen molar-refractivity contribution in [3.05, 3.63) is 64.2 Å². The fraction of sp³-hybridized carbons (Fsp3) is 0.429. The van der Waals surface area contributed by atoms with Gasteiger partial charge in [-0.3, -0.25) is 9.59 Å². The van der Waals surface area contributed by atoms with E-state index in [-0.39, 0.29) is 24.0 Å². The van der Waals surface area contributed by atoms with Crippen molar-refractivity contribution in [2.45, 2.75) is 38.0 Å². The number of nitrogens with zero attached hydrogens (tertiary/aromatic N) is 4. The van der Waals surface area contributed by atoms with E-state index in [4.69, 9.17) is 19.2 Å². The summed E-state index contributed by atoms with van der Waals surface area (Å²) >= 11 is 0. The van der Waals surface area contributed by atoms with Gasteiger partial charge in [0, 0.05) is 24.6 Å². The monoisotopic (exact) mass is 504 g/mol. The highest BCUT2D eigenvalue weighted by atomic mass is 16.5. The molecule has 1 aliphatic heterocycles. The van der Waals surface area contributed by atoms with Crippen LogP contribution in [0.15, 0.2) is 52.4 Å². The Morgan fingerprint density at radius 1 is 1.11 bits per heavy atom. The summed E-state index contributed by atoms with van der Waals surface area (Å²) in [6.45, 7) is 2.01. The highest BCUT2D eigenvalue weighted by Crippen LogP contribution is 2.33. The summed E-state index contributed by atoms with van der Waals surface area (Å²) in [6.07, 6.45) is 6.98. The highest BCUT2D eigenvalue weighted by Gasteiger charge is 2.23. The van der Waals surface area contributed by atoms with E-state index < -0.39 is 0 Å². The summed E-state index contributed by atoms with van der Waals surface area (Å²) in [5.74, 6) is 1.63. The predicted molar refractivity (Wildman–Crippen MR) is 141 cm³/mol. The van der Waals surface area contributed by atoms with Gasteiger partial charge in [-0.05, 0) is 37.1 Å². The molecule has 5 rings (SSSR count). The van der Waals surface area contributed by atoms with Crippen LogP contribution >= 0.6 is 0 Å². The first kappa shape index (κ1) is 25.0. The van der Waals surface area contributed by atoms with E-state index in [2.05, 4.69) is 5.10 Å². The Kier molecular flexibility index (Phi) is 7.79. The smallest absolute Gasteiger partial charge is 0.282 e. The second-order valence-corrected chi connectivity index (χ2v) is 9.34. The zero-order chi connectivity index (χ0) is 25.6. The van der Waals surface area contributed by atoms with Gasteiger partial charge in [0.2, 0.25) is 0 Å². The number of methoxy groups -OCH3 is 1. The van der Waals surface area contributed by atoms with Crippen LogP contribution in [0.25, 0.3) is 10.9 Å². The molecule has 1 amide bonds. The first-order valence-electron chi connectivity index (χ1n) is 12.9. The Labute approximate surface area is 215 Å². The van der Waals surface area contributed by atoms with Crippen LogP contribution in [0.1, 0.15) is 49.4 Å². The molecule has 1 saturated heterocycles. The van der Waals surface area contributed by atoms with Crippen molar-refractivity contribution in [2.24, 2.45) is 5.10 Å². The van der Waals surface area contributed by atoms with Crippen LogP contribution < -0.4 is 15.0 Å². The summed E-state index contributed by atoms with van der Waals surface area (Å²) in [5, 5.41) is 5.15. The van der Waals surface area contributed by atoms with Crippen LogP contribution in [0, 0.1) is 0 Å². The molecule has 9 heteroatoms. The number of para-hydroxylation sites is 2. The summed E-state index contributed by atoms with van der Waals surface area (Å²) in [6, 6.07) is 12.8. The molecule has 0 spiro atoms. The van der Waals surface area contributed by atoms with Crippen LogP contribution in [0.2, 0.25) is 0 Å². The van der Waals surface area contributed by atoms with E-state index in [0.717, 1.165) is 25.7 Å². The largest absolute Gasteiger partial charge is 0.493 e. The third kappa shape index (κ3) is 5.51. The van der Waals surface area contributed by atoms with Crippen molar-refractivity contribution in [3.8, 4) is 11.5 Å². The highest BCUT2D eigenvalue weighted by molar-refractivity contribution is 5.86. The summed E-state index contributed by atoms with van der Waals surface area (Å²) in [4.78, 5) is 32.8. The number of morpholine rings is 1. The molecule has 1 aliphatic carbocycles. The molecule has 0 radical (unpaired) electrons. The van der Waals surface area contributed by atoms with E-state index >= 15 is 0 Å². The van der Waals surface area contributed by atoms with Gasteiger partial charge in [0.1, 0.15) is 5.82 Å². The number of hydrogen-bond acceptors (Lipinski definition) is 7. The number of benzene rings is 2. The van der Waals surface area contributed by atoms with Crippen molar-refractivity contribution >= 4 is 23.0 Å². The van der Waals surface area contributed by atoms with Crippen LogP contribution in [-0.2, 0) is 9.53 Å². The number of amides is 1. The van der Waals surface area contributed by atoms with E-state index in [9.17, 15) is 9.59 Å². The molecule has 194 valence electrons. The molecule has 0 atom stereocenters. The summed E-state index contributed by atoms with van der Waals surface area (Å²) in [5.41, 5.74) is 1.09. The van der Waals surface area contributed by atoms with Crippen LogP contribution in [0.4, 0.5) is 0 Å². The van der Waals surface area contributed by atoms with Gasteiger partial charge < -0.3 is 19.1 Å². The van der Waals surface area contributed by atoms with Crippen LogP contribution in [0.3, 0.4) is 0 Å². The maximum Gasteiger partial charge on any atom is 0.282 e. The Bertz CT molecular complexity index is 1340. The number of ether oxygens (including phenoxy) is 3. The van der Waals surface area contributed by atoms with Gasteiger partial charge in [-0.25, -0.2) is 4.98 Å². The number of carbonyl (C=O) groups is 1. The van der Waals surface area contributed by atoms with Gasteiger partial charge in [0.25, 0.3) is 11.5 Å². The van der Waals surface area contributed by atoms with Crippen molar-refractivity contribution in [1.29, 1.82) is 0 Å². The fourth-order valence-corrected chi connectivity index (χ4v) is 4.99. The van der Waals surface area contributed by atoms with Crippen LogP contribution in [-0.4, -0.2) is 66.7 Å². The van der Waals surface area contributed by atoms with Crippen molar-refractivity contribution in [2.75, 3.05) is 40.0 Å². The molecule has 2 aliphatic rings. The molecule has 2 heterocycles. The number of carbonyl (C=O) groups excluding carboxylic acids is 1. The third-order valence-electron chi connectivity index (χ3n) is 6.99. The lowest BCUT2D eigenvalue weighted by Gasteiger charge is -2.27. The molecule has 1 aromatic heterocycles. The maximum absolute atomic E-state index is 13.5. The Morgan fingerprint density at radius 2 is 1.89 bits per heavy atom. The number of hydrogen-bond donors (Lipinski definition) is 0. The van der Waals surface area contributed by atoms with E-state index in [1.807, 2.05) is 30.3 Å². The maximum atomic E-state index is 13.5. The summed E-state index contributed by atoms with van der Waals surface area (Å²) in [7, 11) is 1.55. The van der Waals surface area contributed by atoms with Gasteiger partial charge in [-0.2, -0.15) is 9.78 Å². The normalized spacial score (nSPS) is 16.8. The fourth-order valence-electron chi connectivity index (χ4n) is 4.99. The molecule has 2 fully saturated rings. The van der Waals surface area contributed by atoms with Crippen molar-refractivity contribution < 1.29 is 19.0 Å². The summed E-state index contributed by atoms with van der Waals surface area (Å²) < 4.78 is 18.2. The molecule has 2 aromatic carbocycles. The molecule has 0 bridgehead atoms. The van der Waals surface area contributed by atoms with Gasteiger partial charge in [-0.1, -0.05) is 37.5 Å². The standard InChI is InChI=1S/C28H32N4O5/c1-35-24-13-7-10-21(26(24)37-19-25(33)31-14-16-36-17-15-31)18-29-32-27(20-8-3-2-4-9-20)30-23-12-6-5-11-22(23)28(32)34/h5-7,10-13,18,20H,2-4,8-9,14-17,19H2,1H3. The van der Waals surface area contributed by atoms with Crippen molar-refractivity contribution in [3.63, 3.8) is 0 Å². The van der Waals surface area contributed by atoms with E-state index in [1.54, 1.807) is 30.4 Å². The average Bonchev–Trinajstić information content (AvgIpc) is 2.96. The topological polar surface area (TPSA) is 95.2 Å². The van der Waals surface area contributed by atoms with Gasteiger partial charge in [0.05, 0.1) is 37.4 Å². The van der Waals surface area contributed by atoms with E-state index in [1.165, 1.54) is 11.1 Å². The SMILES string of the molecule is COc1cccc(C=Nn2c(C3CCCCC3)nc3ccccc3c2=O)c1OCC(=O)N1CCOCC1. The zero-order valence-corrected chi connectivity index (χ0v) is 21.1. The minimum absolute atomic E-state index is 0.119. The second kappa shape index (κ2) is 11.6. The molecule has 3 aromatic rings. The lowest BCUT2D eigenvalue weighted by molar-refractivity contribution is -0.137. The first-order valence-corrected chi connectivity index (χ1v) is 12.9. The minimum Gasteiger partial charge on any atom is -0.493 e. The first-order chi connectivity index (χ1) is 18.2. The average molecular weight is 505 g/mol. The lowest BCUT2D eigenvalue weighted by atomic mass is 9.88. The zero-order valence-electron chi connectivity index (χ0n) is 21.1. The molecule has 37 heavy (non-hydrogen) atoms. The minimum atomic E-state index is -0.199. The van der Waals surface area contributed by atoms with Crippen molar-refractivity contribution in [1.82, 2.24) is 14.6 Å². The predicted octanol–water partition coefficient (Wildman–Crippen LogP) is 3.57. The van der Waals surface area contributed by atoms with Gasteiger partial charge in [-0.15, -0.1) is 0 Å². The number of fused-ring (bicyclic) bond motifs is 1. The molecule has 1 saturated carbocycles. The Morgan fingerprint density at radius 3 is 2.68 bits per heavy atom. The molecular weight excluding hydrogens is 472 g/mol. The van der Waals surface area contributed by atoms with Gasteiger partial charge in [0.15, 0.2) is 18.1 Å². The third-order valence-corrected chi connectivity index (χ3v) is 6.99. The molecule has 0 unspecified atom stereocenters. The lowest BCUT2D eigenvalue weighted by Crippen LogP contribution is -2.43. The molecule has 9 nitrogen and oxygen atoms in total. The molecule has 0 N–H and O–H groups in total. The second-order valence-electron chi connectivity index (χ2n) is 9.34. The molecular formula is C28H32N4O5. The van der Waals surface area contributed by atoms with E-state index in [0.29, 0.717) is 60.1 Å². The Balaban J connectivity index is 1.48. The van der Waals surface area contributed by atoms with Gasteiger partial charge >= 0.3 is 0 Å². The van der Waals surface area contributed by atoms with Crippen LogP contribution in [0.5, 0.6) is 11.5 Å². The Hall–Kier alpha value is -3.72. The quantitative estimate of drug-likeness (QED) is 0.457. The number of rotatable bonds is 7. The number of aromatic nitrogens is 2.